The Morgan fingerprint density at radius 3 is 2.65 bits per heavy atom. The zero-order valence-corrected chi connectivity index (χ0v) is 11.7. The third kappa shape index (κ3) is 6.35. The largest absolute Gasteiger partial charge is 0.313 e. The lowest BCUT2D eigenvalue weighted by atomic mass is 10.1. The van der Waals surface area contributed by atoms with E-state index in [1.54, 1.807) is 0 Å². The van der Waals surface area contributed by atoms with E-state index < -0.39 is 10.0 Å². The van der Waals surface area contributed by atoms with E-state index in [9.17, 15) is 8.42 Å². The van der Waals surface area contributed by atoms with Gasteiger partial charge in [-0.3, -0.25) is 0 Å². The number of primary sulfonamides is 1. The lowest BCUT2D eigenvalue weighted by molar-refractivity contribution is 0.229. The third-order valence-corrected chi connectivity index (χ3v) is 4.09. The number of rotatable bonds is 5. The summed E-state index contributed by atoms with van der Waals surface area (Å²) in [4.78, 5) is 2.47. The van der Waals surface area contributed by atoms with Crippen LogP contribution in [0.1, 0.15) is 33.1 Å². The summed E-state index contributed by atoms with van der Waals surface area (Å²) in [6.07, 6.45) is 3.38. The fraction of sp³-hybridized carbons (Fsp3) is 1.00. The molecule has 0 bridgehead atoms. The molecule has 1 heterocycles. The van der Waals surface area contributed by atoms with Crippen molar-refractivity contribution in [2.45, 2.75) is 45.2 Å². The Morgan fingerprint density at radius 2 is 2.06 bits per heavy atom. The Kier molecular flexibility index (Phi) is 5.85. The van der Waals surface area contributed by atoms with Crippen molar-refractivity contribution in [3.05, 3.63) is 0 Å². The fourth-order valence-electron chi connectivity index (χ4n) is 2.24. The van der Waals surface area contributed by atoms with Crippen molar-refractivity contribution in [1.82, 2.24) is 10.2 Å². The molecule has 6 heteroatoms. The molecule has 0 saturated carbocycles. The Labute approximate surface area is 105 Å². The van der Waals surface area contributed by atoms with Crippen molar-refractivity contribution in [3.8, 4) is 0 Å². The molecule has 5 nitrogen and oxygen atoms in total. The molecule has 3 N–H and O–H groups in total. The van der Waals surface area contributed by atoms with Crippen molar-refractivity contribution in [1.29, 1.82) is 0 Å². The van der Waals surface area contributed by atoms with Crippen LogP contribution >= 0.6 is 0 Å². The van der Waals surface area contributed by atoms with E-state index in [0.717, 1.165) is 25.9 Å². The molecule has 102 valence electrons. The highest BCUT2D eigenvalue weighted by Gasteiger charge is 2.18. The molecule has 1 saturated heterocycles. The van der Waals surface area contributed by atoms with E-state index in [-0.39, 0.29) is 5.75 Å². The summed E-state index contributed by atoms with van der Waals surface area (Å²) in [7, 11) is -3.33. The topological polar surface area (TPSA) is 75.4 Å². The maximum atomic E-state index is 10.8. The maximum Gasteiger partial charge on any atom is 0.210 e. The van der Waals surface area contributed by atoms with E-state index in [4.69, 9.17) is 5.14 Å². The molecule has 0 spiro atoms. The van der Waals surface area contributed by atoms with Crippen LogP contribution in [0.15, 0.2) is 0 Å². The second-order valence-electron chi connectivity index (χ2n) is 5.08. The minimum Gasteiger partial charge on any atom is -0.313 e. The van der Waals surface area contributed by atoms with Gasteiger partial charge >= 0.3 is 0 Å². The number of likely N-dealkylation sites (tertiary alicyclic amines) is 1. The predicted octanol–water partition coefficient (Wildman–Crippen LogP) is 0.127. The highest BCUT2D eigenvalue weighted by atomic mass is 32.2. The lowest BCUT2D eigenvalue weighted by Crippen LogP contribution is -2.36. The Hall–Kier alpha value is -0.170. The Morgan fingerprint density at radius 1 is 1.35 bits per heavy atom. The van der Waals surface area contributed by atoms with Gasteiger partial charge in [-0.1, -0.05) is 0 Å². The summed E-state index contributed by atoms with van der Waals surface area (Å²) >= 11 is 0. The van der Waals surface area contributed by atoms with Gasteiger partial charge in [0.05, 0.1) is 5.75 Å². The minimum atomic E-state index is -3.33. The van der Waals surface area contributed by atoms with Crippen LogP contribution in [0.3, 0.4) is 0 Å². The lowest BCUT2D eigenvalue weighted by Gasteiger charge is -2.24. The molecule has 0 radical (unpaired) electrons. The molecule has 0 aliphatic carbocycles. The van der Waals surface area contributed by atoms with E-state index in [2.05, 4.69) is 24.1 Å². The van der Waals surface area contributed by atoms with Crippen LogP contribution < -0.4 is 10.5 Å². The molecule has 1 unspecified atom stereocenters. The highest BCUT2D eigenvalue weighted by molar-refractivity contribution is 7.89. The van der Waals surface area contributed by atoms with Crippen LogP contribution in [-0.4, -0.2) is 50.8 Å². The van der Waals surface area contributed by atoms with Gasteiger partial charge in [0.1, 0.15) is 0 Å². The first-order valence-electron chi connectivity index (χ1n) is 6.36. The number of sulfonamides is 1. The normalized spacial score (nSPS) is 23.9. The van der Waals surface area contributed by atoms with Crippen molar-refractivity contribution < 1.29 is 8.42 Å². The average Bonchev–Trinajstić information content (AvgIpc) is 2.41. The molecule has 1 atom stereocenters. The molecule has 1 fully saturated rings. The molecule has 0 aromatic rings. The minimum absolute atomic E-state index is 0.0252. The molecule has 0 aromatic carbocycles. The first-order chi connectivity index (χ1) is 7.88. The van der Waals surface area contributed by atoms with Crippen LogP contribution in [0.4, 0.5) is 0 Å². The molecule has 1 rings (SSSR count). The maximum absolute atomic E-state index is 10.8. The SMILES string of the molecule is CC(C)N1CCCC(NCCS(N)(=O)=O)CC1. The number of nitrogens with two attached hydrogens (primary N) is 1. The standard InChI is InChI=1S/C11H25N3O2S/c1-10(2)14-7-3-4-11(5-8-14)13-6-9-17(12,15)16/h10-11,13H,3-9H2,1-2H3,(H2,12,15,16). The Bertz CT molecular complexity index is 317. The molecule has 0 aromatic heterocycles. The monoisotopic (exact) mass is 263 g/mol. The molecule has 17 heavy (non-hydrogen) atoms. The molecular formula is C11H25N3O2S. The molecule has 1 aliphatic rings. The zero-order valence-electron chi connectivity index (χ0n) is 10.9. The van der Waals surface area contributed by atoms with E-state index in [1.165, 1.54) is 6.42 Å². The summed E-state index contributed by atoms with van der Waals surface area (Å²) in [5.74, 6) is 0.0252. The zero-order chi connectivity index (χ0) is 12.9. The van der Waals surface area contributed by atoms with Gasteiger partial charge in [-0.15, -0.1) is 0 Å². The van der Waals surface area contributed by atoms with E-state index >= 15 is 0 Å². The first kappa shape index (κ1) is 14.9. The second-order valence-corrected chi connectivity index (χ2v) is 6.81. The van der Waals surface area contributed by atoms with E-state index in [1.807, 2.05) is 0 Å². The third-order valence-electron chi connectivity index (χ3n) is 3.31. The summed E-state index contributed by atoms with van der Waals surface area (Å²) < 4.78 is 21.6. The first-order valence-corrected chi connectivity index (χ1v) is 8.08. The van der Waals surface area contributed by atoms with Crippen molar-refractivity contribution in [3.63, 3.8) is 0 Å². The van der Waals surface area contributed by atoms with Crippen LogP contribution in [-0.2, 0) is 10.0 Å². The molecule has 0 amide bonds. The average molecular weight is 263 g/mol. The second kappa shape index (κ2) is 6.68. The highest BCUT2D eigenvalue weighted by Crippen LogP contribution is 2.13. The smallest absolute Gasteiger partial charge is 0.210 e. The number of hydrogen-bond acceptors (Lipinski definition) is 4. The van der Waals surface area contributed by atoms with Gasteiger partial charge in [0.15, 0.2) is 0 Å². The van der Waals surface area contributed by atoms with Crippen LogP contribution in [0.2, 0.25) is 0 Å². The van der Waals surface area contributed by atoms with Gasteiger partial charge in [0.25, 0.3) is 0 Å². The van der Waals surface area contributed by atoms with Gasteiger partial charge in [0.2, 0.25) is 10.0 Å². The quantitative estimate of drug-likeness (QED) is 0.739. The van der Waals surface area contributed by atoms with Gasteiger partial charge in [0, 0.05) is 18.6 Å². The van der Waals surface area contributed by atoms with Gasteiger partial charge in [-0.25, -0.2) is 13.6 Å². The van der Waals surface area contributed by atoms with Crippen molar-refractivity contribution in [2.75, 3.05) is 25.4 Å². The van der Waals surface area contributed by atoms with Gasteiger partial charge in [-0.05, 0) is 46.2 Å². The summed E-state index contributed by atoms with van der Waals surface area (Å²) in [6, 6.07) is 1.03. The molecular weight excluding hydrogens is 238 g/mol. The van der Waals surface area contributed by atoms with E-state index in [0.29, 0.717) is 18.6 Å². The number of nitrogens with zero attached hydrogens (tertiary/aromatic N) is 1. The fourth-order valence-corrected chi connectivity index (χ4v) is 2.65. The predicted molar refractivity (Wildman–Crippen MR) is 70.3 cm³/mol. The van der Waals surface area contributed by atoms with Crippen LogP contribution in [0.5, 0.6) is 0 Å². The number of nitrogens with one attached hydrogen (secondary N) is 1. The summed E-state index contributed by atoms with van der Waals surface area (Å²) in [6.45, 7) is 7.13. The van der Waals surface area contributed by atoms with Crippen molar-refractivity contribution >= 4 is 10.0 Å². The van der Waals surface area contributed by atoms with Gasteiger partial charge in [-0.2, -0.15) is 0 Å². The van der Waals surface area contributed by atoms with Crippen LogP contribution in [0, 0.1) is 0 Å². The van der Waals surface area contributed by atoms with Crippen molar-refractivity contribution in [2.24, 2.45) is 5.14 Å². The summed E-state index contributed by atoms with van der Waals surface area (Å²) in [5.41, 5.74) is 0. The number of hydrogen-bond donors (Lipinski definition) is 2. The summed E-state index contributed by atoms with van der Waals surface area (Å²) in [5, 5.41) is 8.26. The Balaban J connectivity index is 2.27. The molecule has 1 aliphatic heterocycles. The van der Waals surface area contributed by atoms with Crippen LogP contribution in [0.25, 0.3) is 0 Å². The van der Waals surface area contributed by atoms with Gasteiger partial charge < -0.3 is 10.2 Å².